The van der Waals surface area contributed by atoms with Crippen LogP contribution in [0.4, 0.5) is 11.5 Å². The molecule has 24 heavy (non-hydrogen) atoms. The molecule has 0 bridgehead atoms. The molecule has 2 aliphatic heterocycles. The van der Waals surface area contributed by atoms with Gasteiger partial charge >= 0.3 is 0 Å². The van der Waals surface area contributed by atoms with Crippen LogP contribution in [-0.2, 0) is 0 Å². The third-order valence-electron chi connectivity index (χ3n) is 5.09. The number of carbonyl (C=O) groups excluding carboxylic acids is 1. The van der Waals surface area contributed by atoms with Crippen molar-refractivity contribution in [2.24, 2.45) is 0 Å². The molecule has 2 aromatic rings. The number of nitrogens with one attached hydrogen (secondary N) is 1. The van der Waals surface area contributed by atoms with Crippen LogP contribution >= 0.6 is 11.6 Å². The highest BCUT2D eigenvalue weighted by Gasteiger charge is 2.44. The third kappa shape index (κ3) is 2.40. The van der Waals surface area contributed by atoms with E-state index in [1.807, 2.05) is 42.4 Å². The lowest BCUT2D eigenvalue weighted by Gasteiger charge is -2.51. The summed E-state index contributed by atoms with van der Waals surface area (Å²) >= 11 is 6.11. The van der Waals surface area contributed by atoms with Crippen LogP contribution in [-0.4, -0.2) is 41.6 Å². The Balaban J connectivity index is 1.59. The number of rotatable bonds is 1. The number of nitrogens with zero attached hydrogens (tertiary/aromatic N) is 3. The zero-order valence-electron chi connectivity index (χ0n) is 13.5. The Labute approximate surface area is 146 Å². The molecule has 3 heterocycles. The van der Waals surface area contributed by atoms with Crippen molar-refractivity contribution in [3.63, 3.8) is 0 Å². The van der Waals surface area contributed by atoms with E-state index in [2.05, 4.69) is 15.2 Å². The Kier molecular flexibility index (Phi) is 3.61. The van der Waals surface area contributed by atoms with Crippen LogP contribution in [0.25, 0.3) is 0 Å². The molecule has 1 aromatic carbocycles. The molecule has 1 spiro atoms. The normalized spacial score (nSPS) is 19.2. The first-order valence-electron chi connectivity index (χ1n) is 8.11. The standard InChI is InChI=1S/C18H19ClN4O/c1-22-17(24)14-6-5-13(19)12-15(14)21-18(22)7-10-23(11-8-18)16-4-2-3-9-20-16/h2-6,9,12,21H,7-8,10-11H2,1H3. The average molecular weight is 343 g/mol. The van der Waals surface area contributed by atoms with Crippen LogP contribution in [0.5, 0.6) is 0 Å². The summed E-state index contributed by atoms with van der Waals surface area (Å²) in [5.41, 5.74) is 1.15. The van der Waals surface area contributed by atoms with Crippen LogP contribution in [0.3, 0.4) is 0 Å². The predicted octanol–water partition coefficient (Wildman–Crippen LogP) is 3.23. The molecule has 0 atom stereocenters. The van der Waals surface area contributed by atoms with Gasteiger partial charge < -0.3 is 15.1 Å². The zero-order valence-corrected chi connectivity index (χ0v) is 14.3. The number of benzene rings is 1. The molecular weight excluding hydrogens is 324 g/mol. The van der Waals surface area contributed by atoms with Crippen molar-refractivity contribution in [1.29, 1.82) is 0 Å². The van der Waals surface area contributed by atoms with Crippen LogP contribution in [0.1, 0.15) is 23.2 Å². The van der Waals surface area contributed by atoms with E-state index in [9.17, 15) is 4.79 Å². The summed E-state index contributed by atoms with van der Waals surface area (Å²) in [6.45, 7) is 1.69. The highest BCUT2D eigenvalue weighted by Crippen LogP contribution is 2.38. The van der Waals surface area contributed by atoms with Gasteiger partial charge in [0.2, 0.25) is 0 Å². The Hall–Kier alpha value is -2.27. The molecular formula is C18H19ClN4O. The van der Waals surface area contributed by atoms with Crippen LogP contribution < -0.4 is 10.2 Å². The summed E-state index contributed by atoms with van der Waals surface area (Å²) in [4.78, 5) is 21.3. The number of carbonyl (C=O) groups is 1. The van der Waals surface area contributed by atoms with Gasteiger partial charge in [0.15, 0.2) is 0 Å². The van der Waals surface area contributed by atoms with Crippen molar-refractivity contribution in [3.8, 4) is 0 Å². The number of aromatic nitrogens is 1. The topological polar surface area (TPSA) is 48.5 Å². The number of anilines is 2. The second-order valence-corrected chi connectivity index (χ2v) is 6.82. The van der Waals surface area contributed by atoms with Gasteiger partial charge in [0.05, 0.1) is 11.3 Å². The number of hydrogen-bond donors (Lipinski definition) is 1. The summed E-state index contributed by atoms with van der Waals surface area (Å²) in [5, 5.41) is 4.22. The highest BCUT2D eigenvalue weighted by molar-refractivity contribution is 6.31. The maximum absolute atomic E-state index is 12.8. The first-order valence-corrected chi connectivity index (χ1v) is 8.49. The zero-order chi connectivity index (χ0) is 16.7. The van der Waals surface area contributed by atoms with Gasteiger partial charge in [-0.2, -0.15) is 0 Å². The Bertz CT molecular complexity index is 772. The van der Waals surface area contributed by atoms with E-state index in [0.717, 1.165) is 37.4 Å². The van der Waals surface area contributed by atoms with Gasteiger partial charge in [-0.15, -0.1) is 0 Å². The molecule has 2 aliphatic rings. The van der Waals surface area contributed by atoms with Crippen molar-refractivity contribution in [2.75, 3.05) is 30.4 Å². The summed E-state index contributed by atoms with van der Waals surface area (Å²) in [6.07, 6.45) is 3.47. The second kappa shape index (κ2) is 5.67. The number of hydrogen-bond acceptors (Lipinski definition) is 4. The van der Waals surface area contributed by atoms with Crippen molar-refractivity contribution >= 4 is 29.0 Å². The fourth-order valence-corrected chi connectivity index (χ4v) is 3.80. The maximum atomic E-state index is 12.8. The molecule has 0 unspecified atom stereocenters. The maximum Gasteiger partial charge on any atom is 0.257 e. The molecule has 6 heteroatoms. The van der Waals surface area contributed by atoms with E-state index in [1.54, 1.807) is 12.1 Å². The SMILES string of the molecule is CN1C(=O)c2ccc(Cl)cc2NC12CCN(c1ccccn1)CC2. The number of piperidine rings is 1. The molecule has 124 valence electrons. The van der Waals surface area contributed by atoms with Gasteiger partial charge in [0, 0.05) is 44.2 Å². The molecule has 1 N–H and O–H groups in total. The van der Waals surface area contributed by atoms with Crippen LogP contribution in [0, 0.1) is 0 Å². The largest absolute Gasteiger partial charge is 0.362 e. The van der Waals surface area contributed by atoms with Crippen LogP contribution in [0.2, 0.25) is 5.02 Å². The highest BCUT2D eigenvalue weighted by atomic mass is 35.5. The van der Waals surface area contributed by atoms with Crippen molar-refractivity contribution in [1.82, 2.24) is 9.88 Å². The van der Waals surface area contributed by atoms with E-state index >= 15 is 0 Å². The van der Waals surface area contributed by atoms with E-state index in [1.165, 1.54) is 0 Å². The fourth-order valence-electron chi connectivity index (χ4n) is 3.62. The quantitative estimate of drug-likeness (QED) is 0.864. The van der Waals surface area contributed by atoms with Crippen LogP contribution in [0.15, 0.2) is 42.6 Å². The first-order chi connectivity index (χ1) is 11.6. The summed E-state index contributed by atoms with van der Waals surface area (Å²) < 4.78 is 0. The Morgan fingerprint density at radius 3 is 2.71 bits per heavy atom. The van der Waals surface area contributed by atoms with E-state index in [4.69, 9.17) is 11.6 Å². The number of pyridine rings is 1. The second-order valence-electron chi connectivity index (χ2n) is 6.39. The van der Waals surface area contributed by atoms with Gasteiger partial charge in [-0.3, -0.25) is 4.79 Å². The molecule has 1 fully saturated rings. The molecule has 1 amide bonds. The lowest BCUT2D eigenvalue weighted by atomic mass is 9.90. The predicted molar refractivity (Wildman–Crippen MR) is 95.6 cm³/mol. The van der Waals surface area contributed by atoms with Gasteiger partial charge in [-0.05, 0) is 30.3 Å². The number of halogens is 1. The monoisotopic (exact) mass is 342 g/mol. The molecule has 1 aromatic heterocycles. The van der Waals surface area contributed by atoms with Gasteiger partial charge in [-0.1, -0.05) is 17.7 Å². The molecule has 4 rings (SSSR count). The van der Waals surface area contributed by atoms with Crippen molar-refractivity contribution < 1.29 is 4.79 Å². The minimum atomic E-state index is -0.361. The average Bonchev–Trinajstić information content (AvgIpc) is 2.61. The van der Waals surface area contributed by atoms with Gasteiger partial charge in [0.25, 0.3) is 5.91 Å². The molecule has 0 aliphatic carbocycles. The van der Waals surface area contributed by atoms with Gasteiger partial charge in [-0.25, -0.2) is 4.98 Å². The lowest BCUT2D eigenvalue weighted by Crippen LogP contribution is -2.62. The lowest BCUT2D eigenvalue weighted by molar-refractivity contribution is 0.0532. The van der Waals surface area contributed by atoms with Gasteiger partial charge in [0.1, 0.15) is 11.5 Å². The van der Waals surface area contributed by atoms with E-state index < -0.39 is 0 Å². The van der Waals surface area contributed by atoms with Crippen molar-refractivity contribution in [2.45, 2.75) is 18.5 Å². The summed E-state index contributed by atoms with van der Waals surface area (Å²) in [5.74, 6) is 1.03. The minimum Gasteiger partial charge on any atom is -0.362 e. The Morgan fingerprint density at radius 2 is 2.00 bits per heavy atom. The Morgan fingerprint density at radius 1 is 1.21 bits per heavy atom. The molecule has 0 saturated carbocycles. The van der Waals surface area contributed by atoms with E-state index in [-0.39, 0.29) is 11.6 Å². The summed E-state index contributed by atoms with van der Waals surface area (Å²) in [7, 11) is 1.88. The number of amides is 1. The first kappa shape index (κ1) is 15.3. The molecule has 5 nitrogen and oxygen atoms in total. The fraction of sp³-hybridized carbons (Fsp3) is 0.333. The molecule has 1 saturated heterocycles. The minimum absolute atomic E-state index is 0.0479. The smallest absolute Gasteiger partial charge is 0.257 e. The molecule has 0 radical (unpaired) electrons. The van der Waals surface area contributed by atoms with E-state index in [0.29, 0.717) is 10.6 Å². The van der Waals surface area contributed by atoms with Crippen molar-refractivity contribution in [3.05, 3.63) is 53.2 Å². The number of fused-ring (bicyclic) bond motifs is 1. The summed E-state index contributed by atoms with van der Waals surface area (Å²) in [6, 6.07) is 11.3. The third-order valence-corrected chi connectivity index (χ3v) is 5.33.